The van der Waals surface area contributed by atoms with Gasteiger partial charge in [0, 0.05) is 25.7 Å². The minimum atomic E-state index is -4.96. The first kappa shape index (κ1) is 93.1. The highest BCUT2D eigenvalue weighted by Crippen LogP contribution is 2.45. The van der Waals surface area contributed by atoms with Crippen molar-refractivity contribution in [2.24, 2.45) is 11.8 Å². The number of rotatable bonds is 75. The van der Waals surface area contributed by atoms with Gasteiger partial charge in [-0.25, -0.2) is 9.13 Å². The van der Waals surface area contributed by atoms with Crippen LogP contribution in [0, 0.1) is 11.8 Å². The van der Waals surface area contributed by atoms with Gasteiger partial charge in [-0.15, -0.1) is 0 Å². The van der Waals surface area contributed by atoms with E-state index >= 15 is 0 Å². The lowest BCUT2D eigenvalue weighted by atomic mass is 10.0. The molecular weight excluding hydrogens is 1250 g/mol. The minimum Gasteiger partial charge on any atom is -0.462 e. The van der Waals surface area contributed by atoms with Gasteiger partial charge < -0.3 is 33.8 Å². The van der Waals surface area contributed by atoms with Crippen molar-refractivity contribution in [1.82, 2.24) is 0 Å². The van der Waals surface area contributed by atoms with Crippen LogP contribution in [0.5, 0.6) is 0 Å². The molecule has 0 heterocycles. The van der Waals surface area contributed by atoms with Crippen LogP contribution in [0.2, 0.25) is 0 Å². The molecule has 0 aliphatic heterocycles. The molecule has 0 spiro atoms. The summed E-state index contributed by atoms with van der Waals surface area (Å²) in [5.74, 6) is -0.524. The zero-order chi connectivity index (χ0) is 70.0. The molecule has 0 aliphatic rings. The summed E-state index contributed by atoms with van der Waals surface area (Å²) in [7, 11) is -9.91. The maximum absolute atomic E-state index is 13.1. The maximum atomic E-state index is 13.1. The molecule has 5 atom stereocenters. The summed E-state index contributed by atoms with van der Waals surface area (Å²) in [5, 5.41) is 10.6. The predicted octanol–water partition coefficient (Wildman–Crippen LogP) is 22.3. The Kier molecular flexibility index (Phi) is 66.5. The van der Waals surface area contributed by atoms with E-state index in [4.69, 9.17) is 37.0 Å². The third-order valence-corrected chi connectivity index (χ3v) is 19.6. The van der Waals surface area contributed by atoms with E-state index in [1.54, 1.807) is 0 Å². The van der Waals surface area contributed by atoms with Gasteiger partial charge in [0.1, 0.15) is 19.3 Å². The summed E-state index contributed by atoms with van der Waals surface area (Å²) in [4.78, 5) is 72.7. The molecule has 95 heavy (non-hydrogen) atoms. The smallest absolute Gasteiger partial charge is 0.462 e. The van der Waals surface area contributed by atoms with E-state index in [1.807, 2.05) is 0 Å². The van der Waals surface area contributed by atoms with Crippen LogP contribution < -0.4 is 0 Å². The van der Waals surface area contributed by atoms with E-state index in [1.165, 1.54) is 199 Å². The van der Waals surface area contributed by atoms with Crippen LogP contribution in [0.3, 0.4) is 0 Å². The number of aliphatic hydroxyl groups excluding tert-OH is 1. The van der Waals surface area contributed by atoms with Gasteiger partial charge in [0.2, 0.25) is 0 Å². The van der Waals surface area contributed by atoms with Gasteiger partial charge in [0.05, 0.1) is 26.4 Å². The van der Waals surface area contributed by atoms with Gasteiger partial charge in [0.25, 0.3) is 0 Å². The standard InChI is InChI=1S/C76H148O17P2/c1-7-9-11-13-15-16-17-18-25-31-36-42-48-54-60-75(80)92-71(64-86-73(78)58-52-46-38-14-12-10-8-2)66-90-94(82,83)88-62-70(77)63-89-95(84,85)91-67-72(93-76(81)61-55-49-43-37-32-27-22-20-24-29-34-40-45-51-57-69(5)6)65-87-74(79)59-53-47-41-35-30-26-21-19-23-28-33-39-44-50-56-68(3)4/h68-72,77H,7-67H2,1-6H3,(H,82,83)(H,84,85)/t70-,71+,72+/m0/s1. The lowest BCUT2D eigenvalue weighted by Gasteiger charge is -2.21. The normalized spacial score (nSPS) is 14.0. The largest absolute Gasteiger partial charge is 0.472 e. The molecule has 0 aromatic rings. The zero-order valence-corrected chi connectivity index (χ0v) is 63.8. The molecule has 0 aliphatic carbocycles. The van der Waals surface area contributed by atoms with Crippen molar-refractivity contribution < 1.29 is 80.2 Å². The molecule has 564 valence electrons. The topological polar surface area (TPSA) is 237 Å². The van der Waals surface area contributed by atoms with E-state index in [2.05, 4.69) is 41.5 Å². The van der Waals surface area contributed by atoms with Crippen LogP contribution in [0.25, 0.3) is 0 Å². The fourth-order valence-electron chi connectivity index (χ4n) is 11.7. The van der Waals surface area contributed by atoms with Crippen molar-refractivity contribution >= 4 is 39.5 Å². The molecule has 0 aromatic carbocycles. The summed E-state index contributed by atoms with van der Waals surface area (Å²) in [6.07, 6.45) is 55.5. The van der Waals surface area contributed by atoms with Gasteiger partial charge in [-0.2, -0.15) is 0 Å². The van der Waals surface area contributed by atoms with E-state index in [9.17, 15) is 43.2 Å². The molecule has 3 N–H and O–H groups in total. The minimum absolute atomic E-state index is 0.108. The first-order valence-corrected chi connectivity index (χ1v) is 42.5. The summed E-state index contributed by atoms with van der Waals surface area (Å²) in [6, 6.07) is 0. The van der Waals surface area contributed by atoms with Crippen LogP contribution >= 0.6 is 15.6 Å². The number of aliphatic hydroxyl groups is 1. The average Bonchev–Trinajstić information content (AvgIpc) is 1.36. The monoisotopic (exact) mass is 1400 g/mol. The Hall–Kier alpha value is -1.94. The van der Waals surface area contributed by atoms with Crippen LogP contribution in [-0.2, 0) is 65.4 Å². The summed E-state index contributed by atoms with van der Waals surface area (Å²) in [6.45, 7) is 9.61. The van der Waals surface area contributed by atoms with E-state index in [0.29, 0.717) is 25.7 Å². The van der Waals surface area contributed by atoms with Gasteiger partial charge in [-0.05, 0) is 37.5 Å². The fraction of sp³-hybridized carbons (Fsp3) is 0.947. The highest BCUT2D eigenvalue weighted by Gasteiger charge is 2.30. The van der Waals surface area contributed by atoms with Gasteiger partial charge in [-0.3, -0.25) is 37.3 Å². The van der Waals surface area contributed by atoms with E-state index in [0.717, 1.165) is 115 Å². The Bertz CT molecular complexity index is 1840. The second kappa shape index (κ2) is 67.9. The van der Waals surface area contributed by atoms with Gasteiger partial charge in [-0.1, -0.05) is 343 Å². The summed E-state index contributed by atoms with van der Waals surface area (Å²) in [5.41, 5.74) is 0. The number of phosphoric ester groups is 2. The number of phosphoric acid groups is 2. The quantitative estimate of drug-likeness (QED) is 0.0222. The van der Waals surface area contributed by atoms with Crippen molar-refractivity contribution in [3.8, 4) is 0 Å². The second-order valence-corrected chi connectivity index (χ2v) is 31.3. The predicted molar refractivity (Wildman–Crippen MR) is 386 cm³/mol. The number of hydrogen-bond acceptors (Lipinski definition) is 15. The molecular formula is C76H148O17P2. The van der Waals surface area contributed by atoms with Crippen molar-refractivity contribution in [2.45, 2.75) is 413 Å². The molecule has 0 rings (SSSR count). The molecule has 2 unspecified atom stereocenters. The number of carbonyl (C=O) groups excluding carboxylic acids is 4. The van der Waals surface area contributed by atoms with E-state index in [-0.39, 0.29) is 25.7 Å². The molecule has 17 nitrogen and oxygen atoms in total. The maximum Gasteiger partial charge on any atom is 0.472 e. The van der Waals surface area contributed by atoms with Crippen molar-refractivity contribution in [3.05, 3.63) is 0 Å². The second-order valence-electron chi connectivity index (χ2n) is 28.3. The third-order valence-electron chi connectivity index (χ3n) is 17.7. The van der Waals surface area contributed by atoms with Crippen LogP contribution in [-0.4, -0.2) is 96.7 Å². The zero-order valence-electron chi connectivity index (χ0n) is 62.0. The molecule has 0 amide bonds. The average molecular weight is 1400 g/mol. The highest BCUT2D eigenvalue weighted by molar-refractivity contribution is 7.47. The third kappa shape index (κ3) is 70.3. The van der Waals surface area contributed by atoms with Crippen molar-refractivity contribution in [2.75, 3.05) is 39.6 Å². The van der Waals surface area contributed by atoms with Crippen LogP contribution in [0.1, 0.15) is 395 Å². The summed E-state index contributed by atoms with van der Waals surface area (Å²) >= 11 is 0. The number of unbranched alkanes of at least 4 members (excludes halogenated alkanes) is 45. The Morgan fingerprint density at radius 2 is 0.484 bits per heavy atom. The molecule has 19 heteroatoms. The Labute approximate surface area is 581 Å². The van der Waals surface area contributed by atoms with E-state index < -0.39 is 97.5 Å². The highest BCUT2D eigenvalue weighted by atomic mass is 31.2. The fourth-order valence-corrected chi connectivity index (χ4v) is 13.2. The first-order valence-electron chi connectivity index (χ1n) is 39.5. The number of ether oxygens (including phenoxy) is 4. The van der Waals surface area contributed by atoms with Crippen LogP contribution in [0.15, 0.2) is 0 Å². The number of hydrogen-bond donors (Lipinski definition) is 3. The molecule has 0 bridgehead atoms. The lowest BCUT2D eigenvalue weighted by molar-refractivity contribution is -0.161. The van der Waals surface area contributed by atoms with Gasteiger partial charge >= 0.3 is 39.5 Å². The SMILES string of the molecule is CCCCCCCCCCCCCCCCC(=O)O[C@H](COC(=O)CCCCCCCCC)COP(=O)(O)OC[C@H](O)COP(=O)(O)OC[C@@H](COC(=O)CCCCCCCCCCCCCCCCC(C)C)OC(=O)CCCCCCCCCCCCCCCCC(C)C. The van der Waals surface area contributed by atoms with Crippen molar-refractivity contribution in [3.63, 3.8) is 0 Å². The number of carbonyl (C=O) groups is 4. The van der Waals surface area contributed by atoms with Crippen LogP contribution in [0.4, 0.5) is 0 Å². The molecule has 0 saturated heterocycles. The Balaban J connectivity index is 5.20. The molecule has 0 radical (unpaired) electrons. The Morgan fingerprint density at radius 3 is 0.716 bits per heavy atom. The Morgan fingerprint density at radius 1 is 0.284 bits per heavy atom. The lowest BCUT2D eigenvalue weighted by Crippen LogP contribution is -2.30. The first-order chi connectivity index (χ1) is 45.9. The number of esters is 4. The molecule has 0 saturated carbocycles. The molecule has 0 aromatic heterocycles. The van der Waals surface area contributed by atoms with Gasteiger partial charge in [0.15, 0.2) is 12.2 Å². The van der Waals surface area contributed by atoms with Crippen molar-refractivity contribution in [1.29, 1.82) is 0 Å². The summed E-state index contributed by atoms with van der Waals surface area (Å²) < 4.78 is 68.4. The molecule has 0 fully saturated rings.